The maximum atomic E-state index is 6.23. The molecule has 0 amide bonds. The summed E-state index contributed by atoms with van der Waals surface area (Å²) >= 11 is 6.23. The van der Waals surface area contributed by atoms with Gasteiger partial charge in [-0.3, -0.25) is 0 Å². The number of methoxy groups -OCH3 is 1. The maximum absolute atomic E-state index is 6.23. The molecule has 4 rings (SSSR count). The van der Waals surface area contributed by atoms with E-state index in [1.165, 1.54) is 0 Å². The Kier molecular flexibility index (Phi) is 5.59. The summed E-state index contributed by atoms with van der Waals surface area (Å²) < 4.78 is 12.9. The summed E-state index contributed by atoms with van der Waals surface area (Å²) in [7, 11) is 1.62. The fourth-order valence-corrected chi connectivity index (χ4v) is 3.19. The van der Waals surface area contributed by atoms with E-state index >= 15 is 0 Å². The highest BCUT2D eigenvalue weighted by Gasteiger charge is 2.16. The van der Waals surface area contributed by atoms with E-state index in [4.69, 9.17) is 21.1 Å². The Morgan fingerprint density at radius 1 is 1.39 bits per heavy atom. The SMILES string of the molecule is COc1cc(-n2cccn2)ccc1Nc1ncc(Cl)c(NC[C@H]2CCCO2)n1. The van der Waals surface area contributed by atoms with Crippen LogP contribution in [0.25, 0.3) is 5.69 Å². The minimum atomic E-state index is 0.192. The Hall–Kier alpha value is -2.84. The molecule has 0 unspecified atom stereocenters. The molecule has 3 heterocycles. The summed E-state index contributed by atoms with van der Waals surface area (Å²) in [6, 6.07) is 7.59. The van der Waals surface area contributed by atoms with Gasteiger partial charge in [-0.25, -0.2) is 9.67 Å². The second-order valence-electron chi connectivity index (χ2n) is 6.37. The van der Waals surface area contributed by atoms with Gasteiger partial charge in [0, 0.05) is 31.6 Å². The van der Waals surface area contributed by atoms with Gasteiger partial charge in [0.15, 0.2) is 5.82 Å². The zero-order valence-electron chi connectivity index (χ0n) is 15.4. The van der Waals surface area contributed by atoms with Crippen LogP contribution in [-0.2, 0) is 4.74 Å². The van der Waals surface area contributed by atoms with E-state index in [1.807, 2.05) is 30.5 Å². The predicted octanol–water partition coefficient (Wildman–Crippen LogP) is 3.66. The second-order valence-corrected chi connectivity index (χ2v) is 6.77. The minimum absolute atomic E-state index is 0.192. The smallest absolute Gasteiger partial charge is 0.229 e. The molecule has 9 heteroatoms. The highest BCUT2D eigenvalue weighted by Crippen LogP contribution is 2.30. The lowest BCUT2D eigenvalue weighted by Crippen LogP contribution is -2.19. The Bertz CT molecular complexity index is 928. The van der Waals surface area contributed by atoms with Crippen molar-refractivity contribution in [1.29, 1.82) is 0 Å². The molecule has 0 aliphatic carbocycles. The van der Waals surface area contributed by atoms with Gasteiger partial charge in [-0.15, -0.1) is 0 Å². The maximum Gasteiger partial charge on any atom is 0.229 e. The molecule has 0 bridgehead atoms. The zero-order valence-corrected chi connectivity index (χ0v) is 16.2. The van der Waals surface area contributed by atoms with Gasteiger partial charge in [0.2, 0.25) is 5.95 Å². The molecular formula is C19H21ClN6O2. The van der Waals surface area contributed by atoms with Crippen molar-refractivity contribution in [2.75, 3.05) is 30.9 Å². The van der Waals surface area contributed by atoms with Crippen LogP contribution < -0.4 is 15.4 Å². The molecule has 1 atom stereocenters. The van der Waals surface area contributed by atoms with Crippen molar-refractivity contribution in [3.05, 3.63) is 47.9 Å². The number of aromatic nitrogens is 4. The van der Waals surface area contributed by atoms with Crippen LogP contribution in [0.1, 0.15) is 12.8 Å². The largest absolute Gasteiger partial charge is 0.494 e. The molecule has 2 N–H and O–H groups in total. The number of ether oxygens (including phenoxy) is 2. The van der Waals surface area contributed by atoms with E-state index in [9.17, 15) is 0 Å². The molecule has 8 nitrogen and oxygen atoms in total. The lowest BCUT2D eigenvalue weighted by molar-refractivity contribution is 0.120. The van der Waals surface area contributed by atoms with Crippen molar-refractivity contribution in [2.45, 2.75) is 18.9 Å². The van der Waals surface area contributed by atoms with E-state index < -0.39 is 0 Å². The fourth-order valence-electron chi connectivity index (χ4n) is 3.03. The number of nitrogens with one attached hydrogen (secondary N) is 2. The first kappa shape index (κ1) is 18.5. The Morgan fingerprint density at radius 2 is 2.32 bits per heavy atom. The number of halogens is 1. The van der Waals surface area contributed by atoms with Gasteiger partial charge < -0.3 is 20.1 Å². The van der Waals surface area contributed by atoms with Gasteiger partial charge in [0.05, 0.1) is 30.8 Å². The van der Waals surface area contributed by atoms with Crippen LogP contribution in [0.2, 0.25) is 5.02 Å². The van der Waals surface area contributed by atoms with Gasteiger partial charge in [-0.2, -0.15) is 10.1 Å². The minimum Gasteiger partial charge on any atom is -0.494 e. The first-order valence-electron chi connectivity index (χ1n) is 9.06. The van der Waals surface area contributed by atoms with Crippen molar-refractivity contribution in [3.63, 3.8) is 0 Å². The molecule has 1 aromatic carbocycles. The summed E-state index contributed by atoms with van der Waals surface area (Å²) in [5, 5.41) is 11.1. The van der Waals surface area contributed by atoms with E-state index in [0.29, 0.717) is 29.1 Å². The van der Waals surface area contributed by atoms with Gasteiger partial charge in [-0.05, 0) is 31.0 Å². The zero-order chi connectivity index (χ0) is 19.3. The van der Waals surface area contributed by atoms with Gasteiger partial charge in [0.1, 0.15) is 10.8 Å². The molecule has 3 aromatic rings. The monoisotopic (exact) mass is 400 g/mol. The van der Waals surface area contributed by atoms with Crippen molar-refractivity contribution < 1.29 is 9.47 Å². The van der Waals surface area contributed by atoms with E-state index in [2.05, 4.69) is 25.7 Å². The average Bonchev–Trinajstić information content (AvgIpc) is 3.43. The second kappa shape index (κ2) is 8.45. The summed E-state index contributed by atoms with van der Waals surface area (Å²) in [5.74, 6) is 1.64. The Morgan fingerprint density at radius 3 is 3.07 bits per heavy atom. The molecule has 1 saturated heterocycles. The Balaban J connectivity index is 1.51. The molecule has 146 valence electrons. The molecule has 0 radical (unpaired) electrons. The highest BCUT2D eigenvalue weighted by atomic mass is 35.5. The first-order valence-corrected chi connectivity index (χ1v) is 9.44. The number of hydrogen-bond acceptors (Lipinski definition) is 7. The number of benzene rings is 1. The summed E-state index contributed by atoms with van der Waals surface area (Å²) in [6.07, 6.45) is 7.49. The third-order valence-electron chi connectivity index (χ3n) is 4.47. The van der Waals surface area contributed by atoms with Crippen LogP contribution in [0.5, 0.6) is 5.75 Å². The number of rotatable bonds is 7. The average molecular weight is 401 g/mol. The topological polar surface area (TPSA) is 86.1 Å². The molecular weight excluding hydrogens is 380 g/mol. The van der Waals surface area contributed by atoms with Crippen LogP contribution in [0, 0.1) is 0 Å². The van der Waals surface area contributed by atoms with Crippen molar-refractivity contribution in [1.82, 2.24) is 19.7 Å². The summed E-state index contributed by atoms with van der Waals surface area (Å²) in [4.78, 5) is 8.75. The highest BCUT2D eigenvalue weighted by molar-refractivity contribution is 6.32. The lowest BCUT2D eigenvalue weighted by atomic mass is 10.2. The van der Waals surface area contributed by atoms with Gasteiger partial charge >= 0.3 is 0 Å². The summed E-state index contributed by atoms with van der Waals surface area (Å²) in [6.45, 7) is 1.48. The first-order chi connectivity index (χ1) is 13.7. The third-order valence-corrected chi connectivity index (χ3v) is 4.74. The number of anilines is 3. The molecule has 28 heavy (non-hydrogen) atoms. The molecule has 1 fully saturated rings. The van der Waals surface area contributed by atoms with Gasteiger partial charge in [-0.1, -0.05) is 11.6 Å². The van der Waals surface area contributed by atoms with Crippen molar-refractivity contribution in [2.24, 2.45) is 0 Å². The fraction of sp³-hybridized carbons (Fsp3) is 0.316. The molecule has 2 aromatic heterocycles. The molecule has 1 aliphatic rings. The van der Waals surface area contributed by atoms with Crippen LogP contribution in [-0.4, -0.2) is 46.1 Å². The number of nitrogens with zero attached hydrogens (tertiary/aromatic N) is 4. The van der Waals surface area contributed by atoms with Gasteiger partial charge in [0.25, 0.3) is 0 Å². The summed E-state index contributed by atoms with van der Waals surface area (Å²) in [5.41, 5.74) is 1.63. The Labute approximate surface area is 167 Å². The lowest BCUT2D eigenvalue weighted by Gasteiger charge is -2.14. The van der Waals surface area contributed by atoms with E-state index in [-0.39, 0.29) is 6.10 Å². The predicted molar refractivity (Wildman–Crippen MR) is 108 cm³/mol. The van der Waals surface area contributed by atoms with Crippen molar-refractivity contribution >= 4 is 29.1 Å². The normalized spacial score (nSPS) is 16.1. The number of hydrogen-bond donors (Lipinski definition) is 2. The van der Waals surface area contributed by atoms with Crippen molar-refractivity contribution in [3.8, 4) is 11.4 Å². The van der Waals surface area contributed by atoms with E-state index in [1.54, 1.807) is 24.2 Å². The van der Waals surface area contributed by atoms with Crippen LogP contribution in [0.3, 0.4) is 0 Å². The van der Waals surface area contributed by atoms with Crippen LogP contribution in [0.4, 0.5) is 17.5 Å². The van der Waals surface area contributed by atoms with Crippen LogP contribution >= 0.6 is 11.6 Å². The molecule has 0 spiro atoms. The molecule has 0 saturated carbocycles. The standard InChI is InChI=1S/C19H21ClN6O2/c1-27-17-10-13(26-8-3-7-23-26)5-6-16(17)24-19-22-12-15(20)18(25-19)21-11-14-4-2-9-28-14/h3,5-8,10,12,14H,2,4,9,11H2,1H3,(H2,21,22,24,25)/t14-/m1/s1. The van der Waals surface area contributed by atoms with E-state index in [0.717, 1.165) is 30.8 Å². The quantitative estimate of drug-likeness (QED) is 0.625. The van der Waals surface area contributed by atoms with Crippen LogP contribution in [0.15, 0.2) is 42.9 Å². The third kappa shape index (κ3) is 4.18. The molecule has 1 aliphatic heterocycles.